The zero-order valence-corrected chi connectivity index (χ0v) is 33.1. The predicted molar refractivity (Wildman–Crippen MR) is 240 cm³/mol. The zero-order valence-electron chi connectivity index (χ0n) is 33.1. The van der Waals surface area contributed by atoms with Crippen molar-refractivity contribution in [2.75, 3.05) is 0 Å². The van der Waals surface area contributed by atoms with Crippen LogP contribution in [0.1, 0.15) is 49.9 Å². The molecule has 0 atom stereocenters. The summed E-state index contributed by atoms with van der Waals surface area (Å²) < 4.78 is 0. The van der Waals surface area contributed by atoms with Crippen LogP contribution in [0, 0.1) is 0 Å². The molecule has 3 heteroatoms. The van der Waals surface area contributed by atoms with Gasteiger partial charge in [0.15, 0.2) is 17.5 Å². The zero-order chi connectivity index (χ0) is 39.2. The molecular weight excluding hydrogens is 703 g/mol. The third-order valence-corrected chi connectivity index (χ3v) is 12.8. The maximum atomic E-state index is 5.19. The van der Waals surface area contributed by atoms with Crippen molar-refractivity contribution in [1.29, 1.82) is 0 Å². The summed E-state index contributed by atoms with van der Waals surface area (Å²) in [6.45, 7) is 9.49. The van der Waals surface area contributed by atoms with Crippen molar-refractivity contribution in [1.82, 2.24) is 15.0 Å². The average molecular weight is 744 g/mol. The third kappa shape index (κ3) is 5.30. The number of hydrogen-bond donors (Lipinski definition) is 0. The van der Waals surface area contributed by atoms with Crippen molar-refractivity contribution in [2.45, 2.75) is 38.5 Å². The van der Waals surface area contributed by atoms with Crippen LogP contribution in [0.25, 0.3) is 89.4 Å². The van der Waals surface area contributed by atoms with E-state index >= 15 is 0 Å². The van der Waals surface area contributed by atoms with E-state index in [2.05, 4.69) is 191 Å². The number of fused-ring (bicyclic) bond motifs is 8. The summed E-state index contributed by atoms with van der Waals surface area (Å²) in [4.78, 5) is 15.5. The fourth-order valence-corrected chi connectivity index (χ4v) is 9.52. The molecule has 0 N–H and O–H groups in total. The van der Waals surface area contributed by atoms with E-state index < -0.39 is 0 Å². The monoisotopic (exact) mass is 743 g/mol. The molecule has 0 fully saturated rings. The molecule has 1 aromatic heterocycles. The number of aromatic nitrogens is 3. The minimum absolute atomic E-state index is 0.104. The highest BCUT2D eigenvalue weighted by Gasteiger charge is 2.42. The molecule has 0 radical (unpaired) electrons. The molecule has 276 valence electrons. The Morgan fingerprint density at radius 1 is 0.310 bits per heavy atom. The van der Waals surface area contributed by atoms with E-state index in [1.165, 1.54) is 66.4 Å². The second-order valence-corrected chi connectivity index (χ2v) is 16.9. The molecule has 2 aliphatic carbocycles. The molecule has 9 aromatic rings. The lowest BCUT2D eigenvalue weighted by Crippen LogP contribution is -2.17. The molecule has 0 saturated carbocycles. The Hall–Kier alpha value is -6.97. The number of benzene rings is 8. The maximum absolute atomic E-state index is 5.19. The van der Waals surface area contributed by atoms with Gasteiger partial charge in [0.05, 0.1) is 0 Å². The van der Waals surface area contributed by atoms with Crippen molar-refractivity contribution < 1.29 is 0 Å². The molecule has 0 saturated heterocycles. The Bertz CT molecular complexity index is 2970. The van der Waals surface area contributed by atoms with E-state index in [0.29, 0.717) is 17.5 Å². The summed E-state index contributed by atoms with van der Waals surface area (Å²) in [5.74, 6) is 1.97. The fourth-order valence-electron chi connectivity index (χ4n) is 9.52. The van der Waals surface area contributed by atoms with Gasteiger partial charge < -0.3 is 0 Å². The Balaban J connectivity index is 1.03. The van der Waals surface area contributed by atoms with Gasteiger partial charge in [-0.05, 0) is 95.7 Å². The first-order chi connectivity index (χ1) is 28.2. The van der Waals surface area contributed by atoms with Crippen molar-refractivity contribution in [2.24, 2.45) is 0 Å². The van der Waals surface area contributed by atoms with Gasteiger partial charge in [0, 0.05) is 27.5 Å². The molecule has 58 heavy (non-hydrogen) atoms. The number of nitrogens with zero attached hydrogens (tertiary/aromatic N) is 3. The Morgan fingerprint density at radius 2 is 0.741 bits per heavy atom. The van der Waals surface area contributed by atoms with Gasteiger partial charge in [-0.15, -0.1) is 0 Å². The van der Waals surface area contributed by atoms with Gasteiger partial charge in [-0.25, -0.2) is 15.0 Å². The number of hydrogen-bond acceptors (Lipinski definition) is 3. The molecule has 2 aliphatic rings. The molecule has 3 nitrogen and oxygen atoms in total. The second-order valence-electron chi connectivity index (χ2n) is 16.9. The SMILES string of the molecule is CC1(C)c2cc(-c3nc(-c4ccc(-c5ccccc5)cc4)nc(-c4ccc(-c5ccccc5)cc4)n3)ccc2-c2cc3c(cc21)-c1c(ccc2ccccc12)C3(C)C. The smallest absolute Gasteiger partial charge is 0.164 e. The van der Waals surface area contributed by atoms with Crippen molar-refractivity contribution in [3.05, 3.63) is 198 Å². The largest absolute Gasteiger partial charge is 0.208 e. The normalized spacial score (nSPS) is 14.1. The summed E-state index contributed by atoms with van der Waals surface area (Å²) in [6, 6.07) is 63.3. The van der Waals surface area contributed by atoms with Gasteiger partial charge in [0.1, 0.15) is 0 Å². The maximum Gasteiger partial charge on any atom is 0.164 e. The van der Waals surface area contributed by atoms with Gasteiger partial charge in [0.2, 0.25) is 0 Å². The quantitative estimate of drug-likeness (QED) is 0.176. The Labute approximate surface area is 339 Å². The summed E-state index contributed by atoms with van der Waals surface area (Å²) in [7, 11) is 0. The standard InChI is InChI=1S/C55H41N3/c1-54(2)46-30-28-38-17-11-12-18-42(38)50(46)45-33-48-44(32-49(45)54)43-29-27-41(31-47(43)55(48,3)4)53-57-51(39-23-19-36(20-24-39)34-13-7-5-8-14-34)56-52(58-53)40-25-21-37(22-26-40)35-15-9-6-10-16-35/h5-33H,1-4H3. The van der Waals surface area contributed by atoms with Crippen LogP contribution in [0.4, 0.5) is 0 Å². The van der Waals surface area contributed by atoms with Gasteiger partial charge in [0.25, 0.3) is 0 Å². The lowest BCUT2D eigenvalue weighted by Gasteiger charge is -2.24. The molecule has 11 rings (SSSR count). The molecule has 0 unspecified atom stereocenters. The fraction of sp³-hybridized carbons (Fsp3) is 0.109. The predicted octanol–water partition coefficient (Wildman–Crippen LogP) is 14.0. The van der Waals surface area contributed by atoms with E-state index in [9.17, 15) is 0 Å². The lowest BCUT2D eigenvalue weighted by atomic mass is 9.79. The van der Waals surface area contributed by atoms with Crippen LogP contribution < -0.4 is 0 Å². The van der Waals surface area contributed by atoms with E-state index in [1.807, 2.05) is 12.1 Å². The van der Waals surface area contributed by atoms with E-state index in [0.717, 1.165) is 27.8 Å². The van der Waals surface area contributed by atoms with Crippen molar-refractivity contribution >= 4 is 10.8 Å². The van der Waals surface area contributed by atoms with Crippen molar-refractivity contribution in [3.63, 3.8) is 0 Å². The van der Waals surface area contributed by atoms with Gasteiger partial charge in [-0.1, -0.05) is 185 Å². The minimum atomic E-state index is -0.230. The molecule has 0 bridgehead atoms. The van der Waals surface area contributed by atoms with Gasteiger partial charge in [-0.2, -0.15) is 0 Å². The first-order valence-corrected chi connectivity index (χ1v) is 20.2. The Morgan fingerprint density at radius 3 is 1.34 bits per heavy atom. The summed E-state index contributed by atoms with van der Waals surface area (Å²) in [5.41, 5.74) is 18.0. The molecule has 8 aromatic carbocycles. The highest BCUT2D eigenvalue weighted by molar-refractivity contribution is 6.03. The van der Waals surface area contributed by atoms with Crippen LogP contribution in [-0.4, -0.2) is 15.0 Å². The summed E-state index contributed by atoms with van der Waals surface area (Å²) >= 11 is 0. The lowest BCUT2D eigenvalue weighted by molar-refractivity contribution is 0.652. The van der Waals surface area contributed by atoms with E-state index in [-0.39, 0.29) is 10.8 Å². The highest BCUT2D eigenvalue weighted by atomic mass is 15.0. The second kappa shape index (κ2) is 12.8. The highest BCUT2D eigenvalue weighted by Crippen LogP contribution is 2.57. The van der Waals surface area contributed by atoms with E-state index in [1.54, 1.807) is 0 Å². The van der Waals surface area contributed by atoms with E-state index in [4.69, 9.17) is 15.0 Å². The van der Waals surface area contributed by atoms with Crippen LogP contribution in [0.2, 0.25) is 0 Å². The molecule has 0 aliphatic heterocycles. The van der Waals surface area contributed by atoms with Crippen LogP contribution in [-0.2, 0) is 10.8 Å². The van der Waals surface area contributed by atoms with Crippen LogP contribution in [0.5, 0.6) is 0 Å². The van der Waals surface area contributed by atoms with Crippen LogP contribution in [0.3, 0.4) is 0 Å². The molecule has 0 spiro atoms. The first-order valence-electron chi connectivity index (χ1n) is 20.2. The minimum Gasteiger partial charge on any atom is -0.208 e. The average Bonchev–Trinajstić information content (AvgIpc) is 3.64. The van der Waals surface area contributed by atoms with Gasteiger partial charge in [-0.3, -0.25) is 0 Å². The molecule has 0 amide bonds. The van der Waals surface area contributed by atoms with Crippen LogP contribution >= 0.6 is 0 Å². The summed E-state index contributed by atoms with van der Waals surface area (Å²) in [5, 5.41) is 2.61. The topological polar surface area (TPSA) is 38.7 Å². The molecule has 1 heterocycles. The third-order valence-electron chi connectivity index (χ3n) is 12.8. The summed E-state index contributed by atoms with van der Waals surface area (Å²) in [6.07, 6.45) is 0. The number of rotatable bonds is 5. The van der Waals surface area contributed by atoms with Crippen molar-refractivity contribution in [3.8, 4) is 78.7 Å². The Kier molecular flexibility index (Phi) is 7.55. The van der Waals surface area contributed by atoms with Crippen LogP contribution in [0.15, 0.2) is 176 Å². The first kappa shape index (κ1) is 34.3. The molecular formula is C55H41N3. The van der Waals surface area contributed by atoms with Gasteiger partial charge >= 0.3 is 0 Å².